The van der Waals surface area contributed by atoms with Gasteiger partial charge in [0.05, 0.1) is 0 Å². The summed E-state index contributed by atoms with van der Waals surface area (Å²) in [4.78, 5) is 28.8. The Morgan fingerprint density at radius 1 is 1.33 bits per heavy atom. The largest absolute Gasteiger partial charge is 0.349 e. The molecule has 1 aliphatic heterocycles. The van der Waals surface area contributed by atoms with Crippen LogP contribution in [0.5, 0.6) is 0 Å². The molecule has 1 fully saturated rings. The number of hydrogen-bond acceptors (Lipinski definition) is 3. The lowest BCUT2D eigenvalue weighted by molar-refractivity contribution is -0.135. The van der Waals surface area contributed by atoms with Gasteiger partial charge in [-0.05, 0) is 17.7 Å². The number of hydrogen-bond donors (Lipinski definition) is 2. The fourth-order valence-corrected chi connectivity index (χ4v) is 2.29. The number of alkyl halides is 1. The van der Waals surface area contributed by atoms with Crippen molar-refractivity contribution < 1.29 is 14.0 Å². The zero-order valence-corrected chi connectivity index (χ0v) is 11.9. The molecule has 1 aromatic rings. The molecule has 2 N–H and O–H groups in total. The second-order valence-corrected chi connectivity index (χ2v) is 5.05. The van der Waals surface area contributed by atoms with Crippen LogP contribution in [0.4, 0.5) is 9.18 Å². The molecule has 0 spiro atoms. The zero-order valence-electron chi connectivity index (χ0n) is 11.9. The number of carbonyl (C=O) groups excluding carboxylic acids is 2. The number of pyridine rings is 1. The first-order chi connectivity index (χ1) is 10.0. The van der Waals surface area contributed by atoms with Crippen LogP contribution in [0.1, 0.15) is 18.4 Å². The van der Waals surface area contributed by atoms with Crippen molar-refractivity contribution in [1.82, 2.24) is 20.5 Å². The van der Waals surface area contributed by atoms with Crippen molar-refractivity contribution in [2.24, 2.45) is 0 Å². The van der Waals surface area contributed by atoms with E-state index in [4.69, 9.17) is 0 Å². The predicted octanol–water partition coefficient (Wildman–Crippen LogP) is 0.841. The Morgan fingerprint density at radius 2 is 1.95 bits per heavy atom. The Bertz CT molecular complexity index is 501. The van der Waals surface area contributed by atoms with Gasteiger partial charge in [-0.1, -0.05) is 0 Å². The third-order valence-corrected chi connectivity index (χ3v) is 3.67. The fraction of sp³-hybridized carbons (Fsp3) is 0.500. The van der Waals surface area contributed by atoms with E-state index in [0.717, 1.165) is 5.56 Å². The van der Waals surface area contributed by atoms with Gasteiger partial charge in [0.15, 0.2) is 5.67 Å². The average molecular weight is 294 g/mol. The lowest BCUT2D eigenvalue weighted by Gasteiger charge is -2.35. The molecular formula is C14H19FN4O2. The molecule has 0 aromatic carbocycles. The van der Waals surface area contributed by atoms with Gasteiger partial charge in [-0.3, -0.25) is 9.78 Å². The molecule has 3 amide bonds. The van der Waals surface area contributed by atoms with E-state index >= 15 is 0 Å². The maximum Gasteiger partial charge on any atom is 0.317 e. The molecule has 0 saturated carbocycles. The molecule has 2 heterocycles. The van der Waals surface area contributed by atoms with E-state index in [1.54, 1.807) is 24.5 Å². The number of piperidine rings is 1. The summed E-state index contributed by atoms with van der Waals surface area (Å²) in [5.74, 6) is -0.615. The maximum absolute atomic E-state index is 14.6. The number of halogens is 1. The van der Waals surface area contributed by atoms with Gasteiger partial charge in [0, 0.05) is 51.9 Å². The molecule has 114 valence electrons. The van der Waals surface area contributed by atoms with Crippen LogP contribution in [0, 0.1) is 0 Å². The van der Waals surface area contributed by atoms with Crippen LogP contribution in [0.3, 0.4) is 0 Å². The normalized spacial score (nSPS) is 17.1. The van der Waals surface area contributed by atoms with Crippen LogP contribution in [0.25, 0.3) is 0 Å². The second kappa shape index (κ2) is 6.51. The lowest BCUT2D eigenvalue weighted by atomic mass is 9.92. The van der Waals surface area contributed by atoms with Crippen molar-refractivity contribution in [1.29, 1.82) is 0 Å². The number of nitrogens with one attached hydrogen (secondary N) is 2. The van der Waals surface area contributed by atoms with E-state index in [9.17, 15) is 14.0 Å². The molecule has 0 aliphatic carbocycles. The van der Waals surface area contributed by atoms with Gasteiger partial charge in [0.2, 0.25) is 0 Å². The standard InChI is InChI=1S/C14H19FN4O2/c1-16-13(21)19-8-4-14(15,5-9-19)12(20)18-10-11-2-6-17-7-3-11/h2-3,6-7H,4-5,8-10H2,1H3,(H,16,21)(H,18,20). The topological polar surface area (TPSA) is 74.3 Å². The maximum atomic E-state index is 14.6. The summed E-state index contributed by atoms with van der Waals surface area (Å²) in [6, 6.07) is 3.29. The molecule has 0 bridgehead atoms. The third-order valence-electron chi connectivity index (χ3n) is 3.67. The van der Waals surface area contributed by atoms with Crippen molar-refractivity contribution in [2.45, 2.75) is 25.1 Å². The molecule has 1 aliphatic rings. The summed E-state index contributed by atoms with van der Waals surface area (Å²) < 4.78 is 14.6. The first-order valence-electron chi connectivity index (χ1n) is 6.88. The average Bonchev–Trinajstić information content (AvgIpc) is 2.53. The Labute approximate surface area is 122 Å². The van der Waals surface area contributed by atoms with Crippen LogP contribution < -0.4 is 10.6 Å². The van der Waals surface area contributed by atoms with Crippen molar-refractivity contribution in [2.75, 3.05) is 20.1 Å². The minimum atomic E-state index is -1.91. The van der Waals surface area contributed by atoms with Crippen molar-refractivity contribution in [3.8, 4) is 0 Å². The summed E-state index contributed by atoms with van der Waals surface area (Å²) >= 11 is 0. The van der Waals surface area contributed by atoms with Crippen LogP contribution in [-0.2, 0) is 11.3 Å². The fourth-order valence-electron chi connectivity index (χ4n) is 2.29. The number of carbonyl (C=O) groups is 2. The highest BCUT2D eigenvalue weighted by molar-refractivity contribution is 5.85. The minimum Gasteiger partial charge on any atom is -0.349 e. The first kappa shape index (κ1) is 15.2. The smallest absolute Gasteiger partial charge is 0.317 e. The van der Waals surface area contributed by atoms with Crippen LogP contribution in [0.2, 0.25) is 0 Å². The summed E-state index contributed by atoms with van der Waals surface area (Å²) in [6.45, 7) is 0.740. The van der Waals surface area contributed by atoms with E-state index in [2.05, 4.69) is 15.6 Å². The number of nitrogens with zero attached hydrogens (tertiary/aromatic N) is 2. The molecule has 0 atom stereocenters. The van der Waals surface area contributed by atoms with Crippen LogP contribution >= 0.6 is 0 Å². The van der Waals surface area contributed by atoms with E-state index in [0.29, 0.717) is 0 Å². The van der Waals surface area contributed by atoms with Crippen LogP contribution in [0.15, 0.2) is 24.5 Å². The molecule has 1 aromatic heterocycles. The molecule has 1 saturated heterocycles. The number of rotatable bonds is 3. The molecule has 0 radical (unpaired) electrons. The van der Waals surface area contributed by atoms with Gasteiger partial charge < -0.3 is 15.5 Å². The molecular weight excluding hydrogens is 275 g/mol. The third kappa shape index (κ3) is 3.68. The van der Waals surface area contributed by atoms with E-state index in [-0.39, 0.29) is 38.5 Å². The number of urea groups is 1. The van der Waals surface area contributed by atoms with Crippen molar-refractivity contribution >= 4 is 11.9 Å². The molecule has 6 nitrogen and oxygen atoms in total. The Kier molecular flexibility index (Phi) is 4.72. The quantitative estimate of drug-likeness (QED) is 0.867. The summed E-state index contributed by atoms with van der Waals surface area (Å²) in [6.07, 6.45) is 3.27. The summed E-state index contributed by atoms with van der Waals surface area (Å²) in [5, 5.41) is 5.10. The van der Waals surface area contributed by atoms with Gasteiger partial charge in [-0.15, -0.1) is 0 Å². The van der Waals surface area contributed by atoms with E-state index < -0.39 is 11.6 Å². The summed E-state index contributed by atoms with van der Waals surface area (Å²) in [5.41, 5.74) is -1.04. The highest BCUT2D eigenvalue weighted by Gasteiger charge is 2.42. The van der Waals surface area contributed by atoms with Gasteiger partial charge in [0.1, 0.15) is 0 Å². The Balaban J connectivity index is 1.86. The van der Waals surface area contributed by atoms with E-state index in [1.807, 2.05) is 0 Å². The SMILES string of the molecule is CNC(=O)N1CCC(F)(C(=O)NCc2ccncc2)CC1. The molecule has 2 rings (SSSR count). The number of likely N-dealkylation sites (tertiary alicyclic amines) is 1. The summed E-state index contributed by atoms with van der Waals surface area (Å²) in [7, 11) is 1.53. The van der Waals surface area contributed by atoms with Crippen molar-refractivity contribution in [3.63, 3.8) is 0 Å². The number of amides is 3. The first-order valence-corrected chi connectivity index (χ1v) is 6.88. The highest BCUT2D eigenvalue weighted by atomic mass is 19.1. The zero-order chi connectivity index (χ0) is 15.3. The van der Waals surface area contributed by atoms with Gasteiger partial charge in [-0.25, -0.2) is 9.18 Å². The number of aromatic nitrogens is 1. The Morgan fingerprint density at radius 3 is 2.52 bits per heavy atom. The van der Waals surface area contributed by atoms with Gasteiger partial charge in [-0.2, -0.15) is 0 Å². The predicted molar refractivity (Wildman–Crippen MR) is 75.2 cm³/mol. The van der Waals surface area contributed by atoms with Gasteiger partial charge >= 0.3 is 6.03 Å². The van der Waals surface area contributed by atoms with Crippen LogP contribution in [-0.4, -0.2) is 47.6 Å². The molecule has 7 heteroatoms. The minimum absolute atomic E-state index is 0.0165. The molecule has 0 unspecified atom stereocenters. The van der Waals surface area contributed by atoms with E-state index in [1.165, 1.54) is 11.9 Å². The lowest BCUT2D eigenvalue weighted by Crippen LogP contribution is -2.53. The Hall–Kier alpha value is -2.18. The van der Waals surface area contributed by atoms with Crippen molar-refractivity contribution in [3.05, 3.63) is 30.1 Å². The molecule has 21 heavy (non-hydrogen) atoms. The monoisotopic (exact) mass is 294 g/mol. The highest BCUT2D eigenvalue weighted by Crippen LogP contribution is 2.27. The second-order valence-electron chi connectivity index (χ2n) is 5.05. The van der Waals surface area contributed by atoms with Gasteiger partial charge in [0.25, 0.3) is 5.91 Å².